The van der Waals surface area contributed by atoms with Gasteiger partial charge in [-0.2, -0.15) is 0 Å². The molecule has 1 heterocycles. The van der Waals surface area contributed by atoms with Gasteiger partial charge in [-0.3, -0.25) is 10.1 Å². The van der Waals surface area contributed by atoms with Crippen LogP contribution in [0, 0.1) is 10.1 Å². The van der Waals surface area contributed by atoms with Crippen molar-refractivity contribution in [1.82, 2.24) is 9.97 Å². The van der Waals surface area contributed by atoms with Crippen LogP contribution in [-0.2, 0) is 6.61 Å². The summed E-state index contributed by atoms with van der Waals surface area (Å²) in [5, 5.41) is 13.4. The van der Waals surface area contributed by atoms with Crippen molar-refractivity contribution in [3.63, 3.8) is 0 Å². The van der Waals surface area contributed by atoms with Gasteiger partial charge in [0.15, 0.2) is 0 Å². The Kier molecular flexibility index (Phi) is 5.47. The molecule has 0 saturated carbocycles. The normalized spacial score (nSPS) is 11.3. The lowest BCUT2D eigenvalue weighted by Crippen LogP contribution is -2.01. The van der Waals surface area contributed by atoms with Gasteiger partial charge in [-0.25, -0.2) is 9.97 Å². The van der Waals surface area contributed by atoms with Crippen LogP contribution >= 0.6 is 0 Å². The van der Waals surface area contributed by atoms with E-state index in [1.165, 1.54) is 17.5 Å². The number of non-ortho nitro benzene ring substituents is 1. The van der Waals surface area contributed by atoms with Gasteiger partial charge in [-0.1, -0.05) is 66.7 Å². The number of ether oxygens (including phenoxy) is 1. The molecule has 0 N–H and O–H groups in total. The van der Waals surface area contributed by atoms with Gasteiger partial charge < -0.3 is 4.74 Å². The second-order valence-corrected chi connectivity index (χ2v) is 7.56. The Morgan fingerprint density at radius 1 is 0.788 bits per heavy atom. The quantitative estimate of drug-likeness (QED) is 0.227. The molecule has 0 unspecified atom stereocenters. The van der Waals surface area contributed by atoms with Crippen molar-refractivity contribution in [1.29, 1.82) is 0 Å². The maximum atomic E-state index is 11.1. The molecule has 0 bridgehead atoms. The Balaban J connectivity index is 1.47. The van der Waals surface area contributed by atoms with Crippen LogP contribution in [-0.4, -0.2) is 14.9 Å². The van der Waals surface area contributed by atoms with E-state index in [0.717, 1.165) is 22.0 Å². The van der Waals surface area contributed by atoms with Gasteiger partial charge in [0.1, 0.15) is 12.3 Å². The zero-order chi connectivity index (χ0) is 22.6. The number of hydrogen-bond acceptors (Lipinski definition) is 5. The third-order valence-corrected chi connectivity index (χ3v) is 5.27. The fourth-order valence-electron chi connectivity index (χ4n) is 3.61. The Labute approximate surface area is 190 Å². The highest BCUT2D eigenvalue weighted by Crippen LogP contribution is 2.24. The first-order valence-electron chi connectivity index (χ1n) is 10.5. The summed E-state index contributed by atoms with van der Waals surface area (Å²) >= 11 is 0. The van der Waals surface area contributed by atoms with Crippen molar-refractivity contribution in [2.75, 3.05) is 0 Å². The highest BCUT2D eigenvalue weighted by molar-refractivity contribution is 5.83. The fraction of sp³-hybridized carbons (Fsp3) is 0.0370. The molecule has 5 rings (SSSR count). The average Bonchev–Trinajstić information content (AvgIpc) is 2.86. The number of nitro benzene ring substituents is 1. The van der Waals surface area contributed by atoms with Crippen LogP contribution in [0.4, 0.5) is 5.69 Å². The van der Waals surface area contributed by atoms with E-state index in [4.69, 9.17) is 9.72 Å². The fourth-order valence-corrected chi connectivity index (χ4v) is 3.61. The van der Waals surface area contributed by atoms with E-state index in [9.17, 15) is 10.1 Å². The van der Waals surface area contributed by atoms with E-state index in [1.54, 1.807) is 24.3 Å². The number of nitro groups is 1. The molecule has 0 saturated heterocycles. The average molecular weight is 433 g/mol. The van der Waals surface area contributed by atoms with Crippen LogP contribution in [0.15, 0.2) is 91.0 Å². The van der Waals surface area contributed by atoms with Gasteiger partial charge in [-0.05, 0) is 46.2 Å². The number of fused-ring (bicyclic) bond motifs is 2. The van der Waals surface area contributed by atoms with Crippen molar-refractivity contribution in [2.24, 2.45) is 0 Å². The Morgan fingerprint density at radius 3 is 2.36 bits per heavy atom. The predicted molar refractivity (Wildman–Crippen MR) is 130 cm³/mol. The first-order valence-corrected chi connectivity index (χ1v) is 10.5. The zero-order valence-corrected chi connectivity index (χ0v) is 17.6. The summed E-state index contributed by atoms with van der Waals surface area (Å²) in [6.07, 6.45) is 3.54. The summed E-state index contributed by atoms with van der Waals surface area (Å²) in [7, 11) is 0. The molecule has 0 aliphatic carbocycles. The third kappa shape index (κ3) is 4.55. The maximum absolute atomic E-state index is 11.1. The van der Waals surface area contributed by atoms with E-state index in [0.29, 0.717) is 23.7 Å². The van der Waals surface area contributed by atoms with Crippen LogP contribution in [0.25, 0.3) is 34.0 Å². The second-order valence-electron chi connectivity index (χ2n) is 7.56. The first-order chi connectivity index (χ1) is 16.2. The number of hydrogen-bond donors (Lipinski definition) is 0. The molecule has 4 aromatic carbocycles. The molecule has 6 nitrogen and oxygen atoms in total. The van der Waals surface area contributed by atoms with E-state index in [-0.39, 0.29) is 5.69 Å². The van der Waals surface area contributed by atoms with Crippen molar-refractivity contribution >= 4 is 39.6 Å². The minimum Gasteiger partial charge on any atom is -0.471 e. The molecule has 160 valence electrons. The van der Waals surface area contributed by atoms with Crippen LogP contribution in [0.2, 0.25) is 0 Å². The number of benzene rings is 4. The predicted octanol–water partition coefficient (Wildman–Crippen LogP) is 6.44. The van der Waals surface area contributed by atoms with E-state index >= 15 is 0 Å². The monoisotopic (exact) mass is 433 g/mol. The molecule has 0 aliphatic heterocycles. The molecule has 0 amide bonds. The van der Waals surface area contributed by atoms with Crippen LogP contribution in [0.5, 0.6) is 5.88 Å². The van der Waals surface area contributed by atoms with Crippen LogP contribution < -0.4 is 4.74 Å². The smallest absolute Gasteiger partial charge is 0.270 e. The molecule has 33 heavy (non-hydrogen) atoms. The topological polar surface area (TPSA) is 78.2 Å². The summed E-state index contributed by atoms with van der Waals surface area (Å²) in [5.74, 6) is 0.406. The lowest BCUT2D eigenvalue weighted by atomic mass is 10.1. The summed E-state index contributed by atoms with van der Waals surface area (Å²) in [5.41, 5.74) is 3.79. The molecule has 0 aliphatic rings. The van der Waals surface area contributed by atoms with Crippen LogP contribution in [0.3, 0.4) is 0 Å². The Morgan fingerprint density at radius 2 is 1.55 bits per heavy atom. The lowest BCUT2D eigenvalue weighted by Gasteiger charge is -2.10. The molecule has 0 spiro atoms. The molecule has 0 fully saturated rings. The van der Waals surface area contributed by atoms with Crippen molar-refractivity contribution < 1.29 is 9.66 Å². The van der Waals surface area contributed by atoms with Crippen LogP contribution in [0.1, 0.15) is 16.8 Å². The number of aromatic nitrogens is 2. The molecule has 0 atom stereocenters. The van der Waals surface area contributed by atoms with Crippen molar-refractivity contribution in [3.05, 3.63) is 118 Å². The molecule has 1 aromatic heterocycles. The molecule has 6 heteroatoms. The van der Waals surface area contributed by atoms with E-state index in [2.05, 4.69) is 29.2 Å². The van der Waals surface area contributed by atoms with Gasteiger partial charge in [0.25, 0.3) is 5.69 Å². The van der Waals surface area contributed by atoms with E-state index < -0.39 is 4.92 Å². The lowest BCUT2D eigenvalue weighted by molar-refractivity contribution is -0.384. The van der Waals surface area contributed by atoms with Gasteiger partial charge in [-0.15, -0.1) is 0 Å². The van der Waals surface area contributed by atoms with Crippen molar-refractivity contribution in [3.8, 4) is 5.88 Å². The van der Waals surface area contributed by atoms with Gasteiger partial charge in [0.05, 0.1) is 16.0 Å². The van der Waals surface area contributed by atoms with Gasteiger partial charge >= 0.3 is 0 Å². The maximum Gasteiger partial charge on any atom is 0.270 e. The second kappa shape index (κ2) is 8.88. The van der Waals surface area contributed by atoms with Crippen molar-refractivity contribution in [2.45, 2.75) is 6.61 Å². The Hall–Kier alpha value is -4.58. The minimum atomic E-state index is -0.411. The van der Waals surface area contributed by atoms with E-state index in [1.807, 2.05) is 42.5 Å². The number of nitrogens with zero attached hydrogens (tertiary/aromatic N) is 3. The zero-order valence-electron chi connectivity index (χ0n) is 17.6. The third-order valence-electron chi connectivity index (χ3n) is 5.27. The number of rotatable bonds is 6. The van der Waals surface area contributed by atoms with Gasteiger partial charge in [0, 0.05) is 12.1 Å². The standard InChI is InChI=1S/C27H19N3O3/c31-30(32)23-9-5-6-19(17-23)13-15-26-27(29-25-11-4-3-10-24(25)28-26)33-18-20-12-14-21-7-1-2-8-22(21)16-20/h1-17H,18H2. The number of para-hydroxylation sites is 2. The summed E-state index contributed by atoms with van der Waals surface area (Å²) in [4.78, 5) is 20.0. The SMILES string of the molecule is O=[N+]([O-])c1cccc(C=Cc2nc3ccccc3nc2OCc2ccc3ccccc3c2)c1. The molecule has 0 radical (unpaired) electrons. The highest BCUT2D eigenvalue weighted by atomic mass is 16.6. The summed E-state index contributed by atoms with van der Waals surface area (Å²) in [6, 6.07) is 28.4. The minimum absolute atomic E-state index is 0.0366. The molecular weight excluding hydrogens is 414 g/mol. The Bertz CT molecular complexity index is 1510. The van der Waals surface area contributed by atoms with Gasteiger partial charge in [0.2, 0.25) is 5.88 Å². The molecule has 5 aromatic rings. The summed E-state index contributed by atoms with van der Waals surface area (Å²) < 4.78 is 6.10. The molecular formula is C27H19N3O3. The summed E-state index contributed by atoms with van der Waals surface area (Å²) in [6.45, 7) is 0.343. The highest BCUT2D eigenvalue weighted by Gasteiger charge is 2.10. The largest absolute Gasteiger partial charge is 0.471 e. The first kappa shape index (κ1) is 20.3.